The first-order chi connectivity index (χ1) is 18.3. The summed E-state index contributed by atoms with van der Waals surface area (Å²) in [4.78, 5) is 11.6. The predicted octanol–water partition coefficient (Wildman–Crippen LogP) is 11.7. The summed E-state index contributed by atoms with van der Waals surface area (Å²) in [7, 11) is -3.49. The Morgan fingerprint density at radius 2 is 0.921 bits per heavy atom. The Morgan fingerprint density at radius 1 is 0.579 bits per heavy atom. The van der Waals surface area contributed by atoms with Gasteiger partial charge in [-0.2, -0.15) is 0 Å². The van der Waals surface area contributed by atoms with E-state index in [1.54, 1.807) is 0 Å². The fraction of sp³-hybridized carbons (Fsp3) is 0.909. The lowest BCUT2D eigenvalue weighted by Gasteiger charge is -2.38. The number of unbranched alkanes of at least 4 members (excludes halogenated alkanes) is 18. The van der Waals surface area contributed by atoms with Crippen LogP contribution in [-0.4, -0.2) is 29.2 Å². The van der Waals surface area contributed by atoms with Crippen molar-refractivity contribution in [3.63, 3.8) is 0 Å². The Hall–Kier alpha value is -0.396. The van der Waals surface area contributed by atoms with Gasteiger partial charge in [0.2, 0.25) is 0 Å². The van der Waals surface area contributed by atoms with Gasteiger partial charge in [-0.25, -0.2) is 4.79 Å². The van der Waals surface area contributed by atoms with E-state index in [-0.39, 0.29) is 5.97 Å². The Bertz CT molecular complexity index is 521. The number of carbonyl (C=O) groups is 1. The fourth-order valence-corrected chi connectivity index (χ4v) is 15.4. The molecule has 0 aliphatic rings. The van der Waals surface area contributed by atoms with Crippen molar-refractivity contribution >= 4 is 22.6 Å². The molecule has 0 atom stereocenters. The largest absolute Gasteiger partial charge is 0.463 e. The zero-order chi connectivity index (χ0) is 28.4. The van der Waals surface area contributed by atoms with Crippen molar-refractivity contribution in [2.45, 2.75) is 186 Å². The lowest BCUT2D eigenvalue weighted by molar-refractivity contribution is -0.137. The summed E-state index contributed by atoms with van der Waals surface area (Å²) in [5.74, 6) is -0.298. The van der Waals surface area contributed by atoms with Gasteiger partial charge in [0.25, 0.3) is 0 Å². The molecule has 0 fully saturated rings. The Balaban J connectivity index is 4.68. The highest BCUT2D eigenvalue weighted by atomic mass is 28.4. The van der Waals surface area contributed by atoms with Crippen LogP contribution in [-0.2, 0) is 13.6 Å². The van der Waals surface area contributed by atoms with E-state index in [0.717, 1.165) is 12.5 Å². The highest BCUT2D eigenvalue weighted by Crippen LogP contribution is 2.33. The van der Waals surface area contributed by atoms with Crippen molar-refractivity contribution in [3.05, 3.63) is 12.7 Å². The van der Waals surface area contributed by atoms with Gasteiger partial charge in [0.1, 0.15) is 0 Å². The third kappa shape index (κ3) is 24.6. The molecule has 0 aromatic rings. The average molecular weight is 569 g/mol. The third-order valence-corrected chi connectivity index (χ3v) is 15.7. The highest BCUT2D eigenvalue weighted by molar-refractivity contribution is 6.85. The molecule has 0 amide bonds. The van der Waals surface area contributed by atoms with Crippen molar-refractivity contribution in [2.24, 2.45) is 0 Å². The number of esters is 1. The molecule has 5 heteroatoms. The maximum absolute atomic E-state index is 11.6. The Labute approximate surface area is 241 Å². The molecule has 0 bridgehead atoms. The molecule has 0 aromatic carbocycles. The quantitative estimate of drug-likeness (QED) is 0.0389. The number of carbonyl (C=O) groups excluding carboxylic acids is 1. The zero-order valence-electron chi connectivity index (χ0n) is 26.7. The monoisotopic (exact) mass is 568 g/mol. The van der Waals surface area contributed by atoms with E-state index in [4.69, 9.17) is 8.85 Å². The fourth-order valence-electron chi connectivity index (χ4n) is 5.67. The van der Waals surface area contributed by atoms with Crippen molar-refractivity contribution in [1.82, 2.24) is 0 Å². The van der Waals surface area contributed by atoms with Crippen LogP contribution in [0.1, 0.15) is 149 Å². The van der Waals surface area contributed by atoms with Crippen LogP contribution in [0.5, 0.6) is 0 Å². The molecule has 0 saturated carbocycles. The Kier molecular flexibility index (Phi) is 25.3. The molecule has 0 aliphatic heterocycles. The maximum Gasteiger partial charge on any atom is 0.330 e. The number of ether oxygens (including phenoxy) is 1. The van der Waals surface area contributed by atoms with E-state index in [2.05, 4.69) is 40.1 Å². The molecule has 0 unspecified atom stereocenters. The summed E-state index contributed by atoms with van der Waals surface area (Å²) in [6.07, 6.45) is 29.9. The van der Waals surface area contributed by atoms with Gasteiger partial charge in [-0.3, -0.25) is 0 Å². The summed E-state index contributed by atoms with van der Waals surface area (Å²) in [6, 6.07) is 3.72. The van der Waals surface area contributed by atoms with Crippen LogP contribution in [0.2, 0.25) is 37.8 Å². The van der Waals surface area contributed by atoms with Crippen molar-refractivity contribution in [1.29, 1.82) is 0 Å². The van der Waals surface area contributed by atoms with Gasteiger partial charge in [-0.15, -0.1) is 0 Å². The minimum Gasteiger partial charge on any atom is -0.463 e. The topological polar surface area (TPSA) is 35.5 Å². The van der Waals surface area contributed by atoms with E-state index in [0.29, 0.717) is 6.61 Å². The van der Waals surface area contributed by atoms with Gasteiger partial charge < -0.3 is 8.85 Å². The summed E-state index contributed by atoms with van der Waals surface area (Å²) in [5, 5.41) is 0. The molecular formula is C33H68O3Si2. The second-order valence-electron chi connectivity index (χ2n) is 12.7. The number of hydrogen-bond acceptors (Lipinski definition) is 3. The molecule has 0 radical (unpaired) electrons. The summed E-state index contributed by atoms with van der Waals surface area (Å²) in [6.45, 7) is 15.7. The third-order valence-electron chi connectivity index (χ3n) is 7.68. The highest BCUT2D eigenvalue weighted by Gasteiger charge is 2.37. The lowest BCUT2D eigenvalue weighted by atomic mass is 10.1. The smallest absolute Gasteiger partial charge is 0.330 e. The normalized spacial score (nSPS) is 12.1. The van der Waals surface area contributed by atoms with E-state index in [1.165, 1.54) is 147 Å². The SMILES string of the molecule is C=CC(=O)OCCC[Si](CCCCCCCCCCCC)(CCCCCCCCCCCC)O[Si](C)(C)C. The van der Waals surface area contributed by atoms with Crippen LogP contribution in [0.3, 0.4) is 0 Å². The van der Waals surface area contributed by atoms with Gasteiger partial charge in [-0.05, 0) is 44.2 Å². The molecule has 0 rings (SSSR count). The van der Waals surface area contributed by atoms with E-state index < -0.39 is 16.6 Å². The maximum atomic E-state index is 11.6. The van der Waals surface area contributed by atoms with Crippen LogP contribution < -0.4 is 0 Å². The van der Waals surface area contributed by atoms with Crippen molar-refractivity contribution in [2.75, 3.05) is 6.61 Å². The second kappa shape index (κ2) is 25.6. The zero-order valence-corrected chi connectivity index (χ0v) is 28.7. The minimum atomic E-state index is -1.85. The van der Waals surface area contributed by atoms with E-state index >= 15 is 0 Å². The molecule has 0 aliphatic carbocycles. The van der Waals surface area contributed by atoms with Gasteiger partial charge in [-0.1, -0.05) is 149 Å². The van der Waals surface area contributed by atoms with Gasteiger partial charge in [0.15, 0.2) is 16.6 Å². The van der Waals surface area contributed by atoms with E-state index in [9.17, 15) is 4.79 Å². The summed E-state index contributed by atoms with van der Waals surface area (Å²) >= 11 is 0. The molecule has 0 aromatic heterocycles. The Morgan fingerprint density at radius 3 is 1.26 bits per heavy atom. The molecule has 0 spiro atoms. The first-order valence-electron chi connectivity index (χ1n) is 16.8. The van der Waals surface area contributed by atoms with Gasteiger partial charge in [0, 0.05) is 6.08 Å². The molecule has 0 N–H and O–H groups in total. The predicted molar refractivity (Wildman–Crippen MR) is 174 cm³/mol. The standard InChI is InChI=1S/C33H68O3Si2/c1-7-10-12-14-16-18-20-22-24-26-30-38(36-37(4,5)6,32-28-29-35-33(34)9-3)31-27-25-23-21-19-17-15-13-11-8-2/h9H,3,7-8,10-32H2,1-2,4-6H3. The summed E-state index contributed by atoms with van der Waals surface area (Å²) in [5.41, 5.74) is 0. The van der Waals surface area contributed by atoms with Crippen molar-refractivity contribution < 1.29 is 13.6 Å². The van der Waals surface area contributed by atoms with Gasteiger partial charge in [0.05, 0.1) is 6.61 Å². The lowest BCUT2D eigenvalue weighted by Crippen LogP contribution is -2.47. The number of hydrogen-bond donors (Lipinski definition) is 0. The molecule has 0 saturated heterocycles. The van der Waals surface area contributed by atoms with Crippen LogP contribution in [0.4, 0.5) is 0 Å². The van der Waals surface area contributed by atoms with Crippen LogP contribution in [0.15, 0.2) is 12.7 Å². The minimum absolute atomic E-state index is 0.298. The number of rotatable bonds is 29. The van der Waals surface area contributed by atoms with Gasteiger partial charge >= 0.3 is 5.97 Å². The molecule has 3 nitrogen and oxygen atoms in total. The first-order valence-corrected chi connectivity index (χ1v) is 22.7. The van der Waals surface area contributed by atoms with E-state index in [1.807, 2.05) is 0 Å². The first kappa shape index (κ1) is 37.6. The van der Waals surface area contributed by atoms with Crippen LogP contribution in [0.25, 0.3) is 0 Å². The average Bonchev–Trinajstić information content (AvgIpc) is 2.87. The summed E-state index contributed by atoms with van der Waals surface area (Å²) < 4.78 is 12.5. The molecule has 0 heterocycles. The molecule has 226 valence electrons. The van der Waals surface area contributed by atoms with Crippen LogP contribution in [0, 0.1) is 0 Å². The van der Waals surface area contributed by atoms with Crippen LogP contribution >= 0.6 is 0 Å². The van der Waals surface area contributed by atoms with Crippen molar-refractivity contribution in [3.8, 4) is 0 Å². The molecular weight excluding hydrogens is 501 g/mol. The molecule has 38 heavy (non-hydrogen) atoms. The second-order valence-corrected chi connectivity index (χ2v) is 21.6.